The minimum Gasteiger partial charge on any atom is -0.338 e. The van der Waals surface area contributed by atoms with Gasteiger partial charge in [0.1, 0.15) is 0 Å². The summed E-state index contributed by atoms with van der Waals surface area (Å²) in [5.74, 6) is 1.18. The number of amides is 1. The number of nitrogens with one attached hydrogen (secondary N) is 1. The minimum atomic E-state index is 0.389. The Bertz CT molecular complexity index is 352. The van der Waals surface area contributed by atoms with Crippen molar-refractivity contribution in [1.29, 1.82) is 0 Å². The second-order valence-corrected chi connectivity index (χ2v) is 7.05. The summed E-state index contributed by atoms with van der Waals surface area (Å²) in [6, 6.07) is 1.12. The van der Waals surface area contributed by atoms with Crippen LogP contribution >= 0.6 is 0 Å². The summed E-state index contributed by atoms with van der Waals surface area (Å²) in [7, 11) is 0. The fourth-order valence-electron chi connectivity index (χ4n) is 4.65. The first kappa shape index (κ1) is 15.3. The van der Waals surface area contributed by atoms with Crippen LogP contribution in [0.25, 0.3) is 0 Å². The van der Waals surface area contributed by atoms with E-state index in [9.17, 15) is 4.79 Å². The van der Waals surface area contributed by atoms with Crippen molar-refractivity contribution in [3.05, 3.63) is 0 Å². The monoisotopic (exact) mass is 293 g/mol. The first-order valence-corrected chi connectivity index (χ1v) is 9.04. The highest BCUT2D eigenvalue weighted by Gasteiger charge is 2.36. The molecule has 3 aliphatic rings. The Morgan fingerprint density at radius 1 is 1.19 bits per heavy atom. The van der Waals surface area contributed by atoms with Gasteiger partial charge in [-0.1, -0.05) is 19.8 Å². The lowest BCUT2D eigenvalue weighted by molar-refractivity contribution is -0.139. The van der Waals surface area contributed by atoms with Crippen LogP contribution in [0, 0.1) is 5.92 Å². The first-order valence-electron chi connectivity index (χ1n) is 9.04. The summed E-state index contributed by atoms with van der Waals surface area (Å²) >= 11 is 0. The number of likely N-dealkylation sites (N-methyl/N-ethyl adjacent to an activating group) is 1. The number of hydrogen-bond donors (Lipinski definition) is 1. The van der Waals surface area contributed by atoms with Gasteiger partial charge in [-0.05, 0) is 51.1 Å². The number of piperidine rings is 1. The van der Waals surface area contributed by atoms with Crippen molar-refractivity contribution in [3.63, 3.8) is 0 Å². The van der Waals surface area contributed by atoms with Crippen molar-refractivity contribution in [2.24, 2.45) is 5.92 Å². The van der Waals surface area contributed by atoms with Crippen LogP contribution in [-0.2, 0) is 4.79 Å². The van der Waals surface area contributed by atoms with Gasteiger partial charge < -0.3 is 10.2 Å². The van der Waals surface area contributed by atoms with E-state index in [2.05, 4.69) is 22.0 Å². The summed E-state index contributed by atoms with van der Waals surface area (Å²) in [6.45, 7) is 6.95. The molecule has 2 aliphatic heterocycles. The lowest BCUT2D eigenvalue weighted by Gasteiger charge is -2.45. The number of rotatable bonds is 4. The smallest absolute Gasteiger partial charge is 0.237 e. The van der Waals surface area contributed by atoms with Crippen LogP contribution in [-0.4, -0.2) is 60.5 Å². The third kappa shape index (κ3) is 3.42. The predicted octanol–water partition coefficient (Wildman–Crippen LogP) is 1.85. The molecule has 0 aromatic heterocycles. The van der Waals surface area contributed by atoms with Crippen molar-refractivity contribution in [1.82, 2.24) is 15.1 Å². The van der Waals surface area contributed by atoms with Crippen LogP contribution in [0.3, 0.4) is 0 Å². The van der Waals surface area contributed by atoms with Crippen molar-refractivity contribution >= 4 is 5.91 Å². The van der Waals surface area contributed by atoms with E-state index in [4.69, 9.17) is 0 Å². The Morgan fingerprint density at radius 3 is 2.76 bits per heavy atom. The number of hydrogen-bond acceptors (Lipinski definition) is 3. The average molecular weight is 293 g/mol. The van der Waals surface area contributed by atoms with E-state index >= 15 is 0 Å². The van der Waals surface area contributed by atoms with Gasteiger partial charge in [0.2, 0.25) is 5.91 Å². The standard InChI is InChI=1S/C17H31N3O/c1-2-19(15-9-10-18-12-15)13-17(21)20-11-5-7-14-6-3-4-8-16(14)20/h14-16,18H,2-13H2,1H3. The molecule has 1 N–H and O–H groups in total. The predicted molar refractivity (Wildman–Crippen MR) is 85.2 cm³/mol. The van der Waals surface area contributed by atoms with Crippen LogP contribution in [0.15, 0.2) is 0 Å². The van der Waals surface area contributed by atoms with E-state index in [1.54, 1.807) is 0 Å². The number of nitrogens with zero attached hydrogens (tertiary/aromatic N) is 2. The van der Waals surface area contributed by atoms with E-state index in [1.165, 1.54) is 44.9 Å². The third-order valence-electron chi connectivity index (χ3n) is 5.86. The van der Waals surface area contributed by atoms with Gasteiger partial charge in [-0.25, -0.2) is 0 Å². The van der Waals surface area contributed by atoms with Crippen molar-refractivity contribution in [2.75, 3.05) is 32.7 Å². The molecule has 4 nitrogen and oxygen atoms in total. The van der Waals surface area contributed by atoms with E-state index in [1.807, 2.05) is 0 Å². The largest absolute Gasteiger partial charge is 0.338 e. The van der Waals surface area contributed by atoms with Gasteiger partial charge in [-0.15, -0.1) is 0 Å². The molecule has 0 radical (unpaired) electrons. The fraction of sp³-hybridized carbons (Fsp3) is 0.941. The second kappa shape index (κ2) is 7.10. The normalized spacial score (nSPS) is 33.2. The van der Waals surface area contributed by atoms with Crippen molar-refractivity contribution < 1.29 is 4.79 Å². The molecule has 0 aromatic rings. The molecular formula is C17H31N3O. The van der Waals surface area contributed by atoms with Crippen LogP contribution in [0.2, 0.25) is 0 Å². The first-order chi connectivity index (χ1) is 10.3. The number of carbonyl (C=O) groups excluding carboxylic acids is 1. The maximum atomic E-state index is 12.8. The van der Waals surface area contributed by atoms with E-state index in [-0.39, 0.29) is 0 Å². The number of fused-ring (bicyclic) bond motifs is 1. The molecule has 1 amide bonds. The molecule has 21 heavy (non-hydrogen) atoms. The zero-order chi connectivity index (χ0) is 14.7. The highest BCUT2D eigenvalue weighted by atomic mass is 16.2. The number of likely N-dealkylation sites (tertiary alicyclic amines) is 1. The third-order valence-corrected chi connectivity index (χ3v) is 5.86. The second-order valence-electron chi connectivity index (χ2n) is 7.05. The van der Waals surface area contributed by atoms with Gasteiger partial charge >= 0.3 is 0 Å². The maximum absolute atomic E-state index is 12.8. The highest BCUT2D eigenvalue weighted by molar-refractivity contribution is 5.78. The lowest BCUT2D eigenvalue weighted by Crippen LogP contribution is -2.53. The average Bonchev–Trinajstić information content (AvgIpc) is 3.06. The molecule has 3 atom stereocenters. The van der Waals surface area contributed by atoms with E-state index in [0.717, 1.165) is 32.1 Å². The summed E-state index contributed by atoms with van der Waals surface area (Å²) in [6.07, 6.45) is 9.02. The maximum Gasteiger partial charge on any atom is 0.237 e. The SMILES string of the molecule is CCN(CC(=O)N1CCCC2CCCCC21)C1CCNC1. The van der Waals surface area contributed by atoms with Crippen LogP contribution in [0.5, 0.6) is 0 Å². The Hall–Kier alpha value is -0.610. The van der Waals surface area contributed by atoms with E-state index in [0.29, 0.717) is 24.5 Å². The molecule has 3 fully saturated rings. The van der Waals surface area contributed by atoms with Crippen molar-refractivity contribution in [2.45, 2.75) is 64.0 Å². The topological polar surface area (TPSA) is 35.6 Å². The van der Waals surface area contributed by atoms with Gasteiger partial charge in [-0.3, -0.25) is 9.69 Å². The minimum absolute atomic E-state index is 0.389. The molecule has 3 rings (SSSR count). The van der Waals surface area contributed by atoms with Gasteiger partial charge in [-0.2, -0.15) is 0 Å². The molecular weight excluding hydrogens is 262 g/mol. The molecule has 120 valence electrons. The molecule has 4 heteroatoms. The molecule has 2 saturated heterocycles. The number of carbonyl (C=O) groups is 1. The summed E-state index contributed by atoms with van der Waals surface area (Å²) in [4.78, 5) is 17.5. The molecule has 2 heterocycles. The van der Waals surface area contributed by atoms with E-state index < -0.39 is 0 Å². The molecule has 0 bridgehead atoms. The Balaban J connectivity index is 1.60. The highest BCUT2D eigenvalue weighted by Crippen LogP contribution is 2.35. The summed E-state index contributed by atoms with van der Waals surface area (Å²) in [5.41, 5.74) is 0. The molecule has 0 spiro atoms. The van der Waals surface area contributed by atoms with Crippen molar-refractivity contribution in [3.8, 4) is 0 Å². The zero-order valence-corrected chi connectivity index (χ0v) is 13.5. The van der Waals surface area contributed by atoms with Crippen LogP contribution in [0.4, 0.5) is 0 Å². The van der Waals surface area contributed by atoms with Crippen LogP contribution < -0.4 is 5.32 Å². The summed E-state index contributed by atoms with van der Waals surface area (Å²) in [5, 5.41) is 3.42. The molecule has 1 aliphatic carbocycles. The van der Waals surface area contributed by atoms with Gasteiger partial charge in [0.05, 0.1) is 6.54 Å². The molecule has 0 aromatic carbocycles. The van der Waals surface area contributed by atoms with Gasteiger partial charge in [0.15, 0.2) is 0 Å². The summed E-state index contributed by atoms with van der Waals surface area (Å²) < 4.78 is 0. The zero-order valence-electron chi connectivity index (χ0n) is 13.5. The quantitative estimate of drug-likeness (QED) is 0.859. The van der Waals surface area contributed by atoms with Crippen LogP contribution in [0.1, 0.15) is 51.9 Å². The Morgan fingerprint density at radius 2 is 2.00 bits per heavy atom. The fourth-order valence-corrected chi connectivity index (χ4v) is 4.65. The molecule has 1 saturated carbocycles. The Labute approximate surface area is 129 Å². The lowest BCUT2D eigenvalue weighted by atomic mass is 9.78. The van der Waals surface area contributed by atoms with Gasteiger partial charge in [0, 0.05) is 25.2 Å². The Kier molecular flexibility index (Phi) is 5.17. The molecule has 3 unspecified atom stereocenters. The van der Waals surface area contributed by atoms with Gasteiger partial charge in [0.25, 0.3) is 0 Å².